The normalized spacial score (nSPS) is 9.57. The van der Waals surface area contributed by atoms with Crippen molar-refractivity contribution >= 4 is 71.6 Å². The van der Waals surface area contributed by atoms with Gasteiger partial charge in [-0.1, -0.05) is 192 Å². The average Bonchev–Trinajstić information content (AvgIpc) is 3.78. The maximum atomic E-state index is 5.94. The number of allylic oxidation sites excluding steroid dienone is 7. The average molecular weight is 1090 g/mol. The van der Waals surface area contributed by atoms with Crippen molar-refractivity contribution < 1.29 is 3.07 Å². The number of hydrogen-bond donors (Lipinski definition) is 0. The number of hydrogen-bond acceptors (Lipinski definition) is 3. The van der Waals surface area contributed by atoms with Gasteiger partial charge in [0.15, 0.2) is 23.0 Å². The first-order chi connectivity index (χ1) is 34.8. The second kappa shape index (κ2) is 35.8. The molecule has 8 aromatic rings. The summed E-state index contributed by atoms with van der Waals surface area (Å²) in [5.74, 6) is 0.822. The van der Waals surface area contributed by atoms with E-state index in [0.29, 0.717) is 0 Å². The number of benzene rings is 7. The van der Waals surface area contributed by atoms with Gasteiger partial charge in [0.05, 0.1) is 10.4 Å². The maximum absolute atomic E-state index is 5.94. The highest BCUT2D eigenvalue weighted by atomic mass is 127. The Kier molecular flexibility index (Phi) is 31.7. The van der Waals surface area contributed by atoms with Gasteiger partial charge in [0.25, 0.3) is 0 Å². The Morgan fingerprint density at radius 3 is 1.53 bits per heavy atom. The van der Waals surface area contributed by atoms with Crippen molar-refractivity contribution in [3.63, 3.8) is 0 Å². The number of aryl methyl sites for hydroxylation is 1. The van der Waals surface area contributed by atoms with E-state index in [-0.39, 0.29) is 0 Å². The zero-order chi connectivity index (χ0) is 54.2. The van der Waals surface area contributed by atoms with Crippen molar-refractivity contribution in [1.29, 1.82) is 0 Å². The van der Waals surface area contributed by atoms with Gasteiger partial charge in [-0.15, -0.1) is 31.1 Å². The van der Waals surface area contributed by atoms with Crippen LogP contribution in [0.4, 0.5) is 17.1 Å². The van der Waals surface area contributed by atoms with E-state index in [1.54, 1.807) is 12.2 Å². The quantitative estimate of drug-likeness (QED) is 0.0854. The fourth-order valence-corrected chi connectivity index (χ4v) is 8.61. The van der Waals surface area contributed by atoms with Gasteiger partial charge in [-0.05, 0) is 156 Å². The molecule has 4 heteroatoms. The zero-order valence-corrected chi connectivity index (χ0v) is 49.6. The molecule has 0 amide bonds. The van der Waals surface area contributed by atoms with Gasteiger partial charge < -0.3 is 7.97 Å². The standard InChI is InChI=1S/C44H32INOS.C8H14.C4H8.2C3H6.3C2H6/c1-29-12-9-10-17-37(29)39-19-11-18-38(30(39)2)33-22-25-43-40(26-33)41-27-36(47-45)28-42(44(41)48-43)46(34-15-7-4-8-16-34)35-23-20-32(21-24-35)31-13-5-3-6-14-31;1-5-6-8(4)7(2)3;1-4(2)3;2*1-3-2;3*1-2/h3-28H,1-2H3;5-6H,1-4H3;1H2,2-3H3;2*3H,1H2,2H3;3*1-2H3/b;6-5-;;;;;;. The number of para-hydroxylation sites is 1. The lowest BCUT2D eigenvalue weighted by atomic mass is 9.90. The lowest BCUT2D eigenvalue weighted by Gasteiger charge is -2.26. The molecule has 0 radical (unpaired) electrons. The minimum Gasteiger partial charge on any atom is -0.428 e. The Bertz CT molecular complexity index is 2870. The molecule has 0 fully saturated rings. The topological polar surface area (TPSA) is 12.5 Å². The molecular formula is C68H84INOS. The van der Waals surface area contributed by atoms with Crippen LogP contribution in [0, 0.1) is 13.8 Å². The molecule has 0 atom stereocenters. The van der Waals surface area contributed by atoms with Gasteiger partial charge >= 0.3 is 0 Å². The summed E-state index contributed by atoms with van der Waals surface area (Å²) in [6, 6.07) is 56.6. The molecule has 0 bridgehead atoms. The second-order valence-electron chi connectivity index (χ2n) is 16.3. The molecule has 0 aliphatic rings. The SMILES string of the molecule is C/C=C\C(C)=C(C)C.C=C(C)C.C=CC.C=CC.CC.CC.CC.Cc1ccccc1-c1cccc(-c2ccc3sc4c(N(c5ccccc5)c5ccc(-c6ccccc6)cc5)cc(OI)cc4c3c2)c1C. The third kappa shape index (κ3) is 19.1. The Morgan fingerprint density at radius 2 is 1.01 bits per heavy atom. The highest BCUT2D eigenvalue weighted by Crippen LogP contribution is 2.48. The predicted molar refractivity (Wildman–Crippen MR) is 340 cm³/mol. The van der Waals surface area contributed by atoms with Crippen molar-refractivity contribution in [1.82, 2.24) is 0 Å². The molecule has 8 rings (SSSR count). The summed E-state index contributed by atoms with van der Waals surface area (Å²) < 4.78 is 8.41. The molecule has 2 nitrogen and oxygen atoms in total. The van der Waals surface area contributed by atoms with Crippen molar-refractivity contribution in [3.8, 4) is 39.1 Å². The molecule has 1 heterocycles. The number of thiophene rings is 1. The van der Waals surface area contributed by atoms with Crippen molar-refractivity contribution in [2.45, 2.75) is 111 Å². The largest absolute Gasteiger partial charge is 0.428 e. The van der Waals surface area contributed by atoms with E-state index < -0.39 is 0 Å². The third-order valence-electron chi connectivity index (χ3n) is 10.4. The molecule has 72 heavy (non-hydrogen) atoms. The number of fused-ring (bicyclic) bond motifs is 3. The van der Waals surface area contributed by atoms with E-state index in [1.807, 2.05) is 111 Å². The van der Waals surface area contributed by atoms with Crippen LogP contribution in [0.15, 0.2) is 218 Å². The number of anilines is 3. The lowest BCUT2D eigenvalue weighted by molar-refractivity contribution is 0.719. The van der Waals surface area contributed by atoms with E-state index in [2.05, 4.69) is 229 Å². The molecule has 0 spiro atoms. The van der Waals surface area contributed by atoms with Crippen LogP contribution in [0.5, 0.6) is 5.75 Å². The van der Waals surface area contributed by atoms with Crippen LogP contribution in [0.3, 0.4) is 0 Å². The monoisotopic (exact) mass is 1090 g/mol. The summed E-state index contributed by atoms with van der Waals surface area (Å²) in [4.78, 5) is 2.35. The van der Waals surface area contributed by atoms with Gasteiger partial charge in [-0.25, -0.2) is 0 Å². The van der Waals surface area contributed by atoms with Crippen LogP contribution in [0.2, 0.25) is 0 Å². The molecule has 0 N–H and O–H groups in total. The highest BCUT2D eigenvalue weighted by Gasteiger charge is 2.21. The first-order valence-corrected chi connectivity index (χ1v) is 27.0. The molecule has 0 unspecified atom stereocenters. The van der Waals surface area contributed by atoms with E-state index in [0.717, 1.165) is 22.8 Å². The van der Waals surface area contributed by atoms with E-state index in [1.165, 1.54) is 81.4 Å². The summed E-state index contributed by atoms with van der Waals surface area (Å²) in [6.07, 6.45) is 7.68. The van der Waals surface area contributed by atoms with Gasteiger partial charge in [0.1, 0.15) is 5.75 Å². The predicted octanol–water partition coefficient (Wildman–Crippen LogP) is 23.8. The molecule has 380 valence electrons. The minimum atomic E-state index is 0.822. The van der Waals surface area contributed by atoms with Gasteiger partial charge in [-0.3, -0.25) is 0 Å². The van der Waals surface area contributed by atoms with E-state index >= 15 is 0 Å². The molecule has 7 aromatic carbocycles. The Labute approximate surface area is 455 Å². The molecule has 0 saturated carbocycles. The zero-order valence-electron chi connectivity index (χ0n) is 46.6. The fraction of sp³-hybridized carbons (Fsp3) is 0.235. The Balaban J connectivity index is 0.000000917. The summed E-state index contributed by atoms with van der Waals surface area (Å²) in [5, 5.41) is 2.42. The number of rotatable bonds is 8. The van der Waals surface area contributed by atoms with E-state index in [4.69, 9.17) is 3.07 Å². The first-order valence-electron chi connectivity index (χ1n) is 25.3. The summed E-state index contributed by atoms with van der Waals surface area (Å²) in [5.41, 5.74) is 17.2. The van der Waals surface area contributed by atoms with Crippen LogP contribution in [0.1, 0.15) is 108 Å². The number of nitrogens with zero attached hydrogens (tertiary/aromatic N) is 1. The van der Waals surface area contributed by atoms with Crippen LogP contribution < -0.4 is 7.97 Å². The lowest BCUT2D eigenvalue weighted by Crippen LogP contribution is -2.10. The van der Waals surface area contributed by atoms with Gasteiger partial charge in [0, 0.05) is 32.9 Å². The number of halogens is 1. The fourth-order valence-electron chi connectivity index (χ4n) is 7.18. The van der Waals surface area contributed by atoms with Gasteiger partial charge in [0.2, 0.25) is 0 Å². The van der Waals surface area contributed by atoms with Crippen molar-refractivity contribution in [3.05, 3.63) is 230 Å². The molecule has 0 aliphatic heterocycles. The van der Waals surface area contributed by atoms with Crippen LogP contribution in [-0.2, 0) is 0 Å². The summed E-state index contributed by atoms with van der Waals surface area (Å²) in [6.45, 7) is 42.8. The summed E-state index contributed by atoms with van der Waals surface area (Å²) in [7, 11) is 0. The second-order valence-corrected chi connectivity index (χ2v) is 17.8. The highest BCUT2D eigenvalue weighted by molar-refractivity contribution is 14.1. The van der Waals surface area contributed by atoms with E-state index in [9.17, 15) is 0 Å². The van der Waals surface area contributed by atoms with Crippen molar-refractivity contribution in [2.24, 2.45) is 0 Å². The molecular weight excluding hydrogens is 1010 g/mol. The third-order valence-corrected chi connectivity index (χ3v) is 12.1. The van der Waals surface area contributed by atoms with Crippen LogP contribution in [0.25, 0.3) is 53.6 Å². The molecule has 1 aromatic heterocycles. The summed E-state index contributed by atoms with van der Waals surface area (Å²) >= 11 is 3.84. The Hall–Kier alpha value is -6.21. The van der Waals surface area contributed by atoms with Crippen molar-refractivity contribution in [2.75, 3.05) is 4.90 Å². The molecule has 0 aliphatic carbocycles. The maximum Gasteiger partial charge on any atom is 0.192 e. The first kappa shape index (κ1) is 63.8. The smallest absolute Gasteiger partial charge is 0.192 e. The molecule has 0 saturated heterocycles. The Morgan fingerprint density at radius 1 is 0.542 bits per heavy atom. The van der Waals surface area contributed by atoms with Crippen LogP contribution >= 0.6 is 34.3 Å². The van der Waals surface area contributed by atoms with Gasteiger partial charge in [-0.2, -0.15) is 0 Å². The van der Waals surface area contributed by atoms with Crippen LogP contribution in [-0.4, -0.2) is 0 Å². The minimum absolute atomic E-state index is 0.822.